The lowest BCUT2D eigenvalue weighted by Gasteiger charge is -2.23. The number of rotatable bonds is 7. The number of amides is 2. The van der Waals surface area contributed by atoms with Crippen molar-refractivity contribution in [2.45, 2.75) is 38.8 Å². The van der Waals surface area contributed by atoms with Gasteiger partial charge in [-0.15, -0.1) is 5.10 Å². The van der Waals surface area contributed by atoms with Crippen molar-refractivity contribution < 1.29 is 27.6 Å². The Morgan fingerprint density at radius 3 is 2.83 bits per heavy atom. The van der Waals surface area contributed by atoms with Crippen LogP contribution in [0.1, 0.15) is 38.7 Å². The van der Waals surface area contributed by atoms with E-state index in [2.05, 4.69) is 20.8 Å². The molecule has 0 radical (unpaired) electrons. The Labute approximate surface area is 165 Å². The minimum Gasteiger partial charge on any atom is -0.383 e. The zero-order valence-electron chi connectivity index (χ0n) is 16.3. The predicted octanol–water partition coefficient (Wildman–Crippen LogP) is 0.809. The molecule has 1 saturated heterocycles. The lowest BCUT2D eigenvalue weighted by molar-refractivity contribution is 0.0117. The van der Waals surface area contributed by atoms with Gasteiger partial charge in [0, 0.05) is 20.1 Å². The summed E-state index contributed by atoms with van der Waals surface area (Å²) in [4.78, 5) is 26.0. The first-order valence-corrected chi connectivity index (χ1v) is 9.01. The molecule has 1 aliphatic heterocycles. The molecule has 1 atom stereocenters. The fourth-order valence-corrected chi connectivity index (χ4v) is 3.30. The first-order chi connectivity index (χ1) is 13.7. The zero-order valence-corrected chi connectivity index (χ0v) is 16.3. The van der Waals surface area contributed by atoms with Gasteiger partial charge in [-0.25, -0.2) is 13.5 Å². The van der Waals surface area contributed by atoms with Crippen LogP contribution in [-0.4, -0.2) is 75.6 Å². The number of likely N-dealkylation sites (tertiary alicyclic amines) is 1. The summed E-state index contributed by atoms with van der Waals surface area (Å²) in [6.07, 6.45) is 0.842. The number of nitrogens with zero attached hydrogens (tertiary/aromatic N) is 5. The Morgan fingerprint density at radius 1 is 1.41 bits per heavy atom. The smallest absolute Gasteiger partial charge is 0.273 e. The van der Waals surface area contributed by atoms with Gasteiger partial charge in [0.05, 0.1) is 37.6 Å². The van der Waals surface area contributed by atoms with Crippen LogP contribution in [0.4, 0.5) is 8.78 Å². The normalized spacial score (nSPS) is 18.2. The quantitative estimate of drug-likeness (QED) is 0.669. The topological polar surface area (TPSA) is 115 Å². The zero-order chi connectivity index (χ0) is 21.2. The van der Waals surface area contributed by atoms with E-state index in [9.17, 15) is 18.4 Å². The highest BCUT2D eigenvalue weighted by atomic mass is 19.3. The fraction of sp³-hybridized carbons (Fsp3) is 0.588. The summed E-state index contributed by atoms with van der Waals surface area (Å²) >= 11 is 0. The Kier molecular flexibility index (Phi) is 5.91. The average Bonchev–Trinajstić information content (AvgIpc) is 3.33. The monoisotopic (exact) mass is 412 g/mol. The molecule has 1 fully saturated rings. The van der Waals surface area contributed by atoms with Crippen LogP contribution < -0.4 is 5.32 Å². The molecule has 0 aliphatic carbocycles. The van der Waals surface area contributed by atoms with E-state index >= 15 is 0 Å². The van der Waals surface area contributed by atoms with E-state index in [1.165, 1.54) is 18.0 Å². The average molecular weight is 412 g/mol. The summed E-state index contributed by atoms with van der Waals surface area (Å²) in [6.45, 7) is 3.05. The minimum absolute atomic E-state index is 0.0247. The van der Waals surface area contributed by atoms with Gasteiger partial charge in [-0.3, -0.25) is 9.59 Å². The van der Waals surface area contributed by atoms with E-state index < -0.39 is 36.7 Å². The molecule has 2 aromatic heterocycles. The van der Waals surface area contributed by atoms with Gasteiger partial charge in [-0.1, -0.05) is 10.4 Å². The number of ether oxygens (including phenoxy) is 1. The molecule has 0 bridgehead atoms. The third-order valence-electron chi connectivity index (χ3n) is 4.65. The van der Waals surface area contributed by atoms with Crippen molar-refractivity contribution in [3.05, 3.63) is 28.9 Å². The first kappa shape index (κ1) is 20.8. The Morgan fingerprint density at radius 2 is 2.17 bits per heavy atom. The van der Waals surface area contributed by atoms with Crippen LogP contribution >= 0.6 is 0 Å². The van der Waals surface area contributed by atoms with Crippen molar-refractivity contribution in [1.29, 1.82) is 0 Å². The van der Waals surface area contributed by atoms with E-state index in [0.29, 0.717) is 18.8 Å². The molecular formula is C17H22F2N6O4. The molecule has 0 aromatic carbocycles. The number of halogens is 2. The summed E-state index contributed by atoms with van der Waals surface area (Å²) in [5, 5.41) is 13.9. The van der Waals surface area contributed by atoms with Crippen molar-refractivity contribution in [2.24, 2.45) is 0 Å². The second-order valence-electron chi connectivity index (χ2n) is 6.92. The number of aryl methyl sites for hydroxylation is 2. The molecule has 0 unspecified atom stereocenters. The lowest BCUT2D eigenvalue weighted by atomic mass is 10.1. The number of hydrogen-bond acceptors (Lipinski definition) is 7. The summed E-state index contributed by atoms with van der Waals surface area (Å²) < 4.78 is 39.3. The van der Waals surface area contributed by atoms with Gasteiger partial charge < -0.3 is 19.5 Å². The van der Waals surface area contributed by atoms with Crippen molar-refractivity contribution in [3.8, 4) is 0 Å². The summed E-state index contributed by atoms with van der Waals surface area (Å²) in [6, 6.07) is -0.822. The molecule has 158 valence electrons. The lowest BCUT2D eigenvalue weighted by Crippen LogP contribution is -2.39. The number of carbonyl (C=O) groups is 2. The standard InChI is InChI=1S/C17H22F2N6O4/c1-10-14(11(2)29-22-10)16(27)25-9-17(18,19)6-12(25)7-24-8-13(21-23-24)15(26)20-4-5-28-3/h8,12H,4-7,9H2,1-3H3,(H,20,26)/t12-/m0/s1. The van der Waals surface area contributed by atoms with Crippen molar-refractivity contribution >= 4 is 11.8 Å². The van der Waals surface area contributed by atoms with E-state index in [4.69, 9.17) is 9.26 Å². The Hall–Kier alpha value is -2.89. The van der Waals surface area contributed by atoms with Crippen LogP contribution in [0.3, 0.4) is 0 Å². The van der Waals surface area contributed by atoms with Crippen LogP contribution in [-0.2, 0) is 11.3 Å². The number of hydrogen-bond donors (Lipinski definition) is 1. The second-order valence-corrected chi connectivity index (χ2v) is 6.92. The van der Waals surface area contributed by atoms with Crippen molar-refractivity contribution in [3.63, 3.8) is 0 Å². The molecule has 0 spiro atoms. The molecule has 1 aliphatic rings. The highest BCUT2D eigenvalue weighted by Crippen LogP contribution is 2.34. The van der Waals surface area contributed by atoms with Gasteiger partial charge in [0.2, 0.25) is 0 Å². The maximum absolute atomic E-state index is 14.1. The Balaban J connectivity index is 1.73. The second kappa shape index (κ2) is 8.23. The summed E-state index contributed by atoms with van der Waals surface area (Å²) in [7, 11) is 1.51. The minimum atomic E-state index is -3.03. The van der Waals surface area contributed by atoms with Crippen LogP contribution in [0, 0.1) is 13.8 Å². The first-order valence-electron chi connectivity index (χ1n) is 9.01. The van der Waals surface area contributed by atoms with E-state index in [0.717, 1.165) is 4.90 Å². The molecule has 29 heavy (non-hydrogen) atoms. The number of methoxy groups -OCH3 is 1. The maximum Gasteiger partial charge on any atom is 0.273 e. The molecule has 10 nitrogen and oxygen atoms in total. The number of aromatic nitrogens is 4. The van der Waals surface area contributed by atoms with Gasteiger partial charge >= 0.3 is 0 Å². The number of nitrogens with one attached hydrogen (secondary N) is 1. The molecule has 2 aromatic rings. The van der Waals surface area contributed by atoms with Crippen molar-refractivity contribution in [2.75, 3.05) is 26.8 Å². The van der Waals surface area contributed by atoms with Crippen LogP contribution in [0.5, 0.6) is 0 Å². The molecule has 3 rings (SSSR count). The Bertz CT molecular complexity index is 877. The molecule has 2 amide bonds. The fourth-order valence-electron chi connectivity index (χ4n) is 3.30. The maximum atomic E-state index is 14.1. The summed E-state index contributed by atoms with van der Waals surface area (Å²) in [5.41, 5.74) is 0.580. The van der Waals surface area contributed by atoms with Crippen LogP contribution in [0.2, 0.25) is 0 Å². The highest BCUT2D eigenvalue weighted by molar-refractivity contribution is 5.96. The molecular weight excluding hydrogens is 390 g/mol. The molecule has 3 heterocycles. The SMILES string of the molecule is COCCNC(=O)c1cn(C[C@@H]2CC(F)(F)CN2C(=O)c2c(C)noc2C)nn1. The molecule has 0 saturated carbocycles. The van der Waals surface area contributed by atoms with Gasteiger partial charge in [-0.2, -0.15) is 0 Å². The van der Waals surface area contributed by atoms with Gasteiger partial charge in [-0.05, 0) is 13.8 Å². The molecule has 12 heteroatoms. The van der Waals surface area contributed by atoms with Gasteiger partial charge in [0.1, 0.15) is 11.3 Å². The van der Waals surface area contributed by atoms with E-state index in [1.807, 2.05) is 0 Å². The number of carbonyl (C=O) groups excluding carboxylic acids is 2. The van der Waals surface area contributed by atoms with Crippen LogP contribution in [0.25, 0.3) is 0 Å². The molecule has 1 N–H and O–H groups in total. The largest absolute Gasteiger partial charge is 0.383 e. The van der Waals surface area contributed by atoms with Gasteiger partial charge in [0.25, 0.3) is 17.7 Å². The summed E-state index contributed by atoms with van der Waals surface area (Å²) in [5.74, 6) is -3.77. The highest BCUT2D eigenvalue weighted by Gasteiger charge is 2.48. The van der Waals surface area contributed by atoms with E-state index in [-0.39, 0.29) is 23.6 Å². The third kappa shape index (κ3) is 4.58. The van der Waals surface area contributed by atoms with Crippen molar-refractivity contribution in [1.82, 2.24) is 30.4 Å². The number of alkyl halides is 2. The van der Waals surface area contributed by atoms with Crippen LogP contribution in [0.15, 0.2) is 10.7 Å². The van der Waals surface area contributed by atoms with Gasteiger partial charge in [0.15, 0.2) is 5.69 Å². The third-order valence-corrected chi connectivity index (χ3v) is 4.65. The van der Waals surface area contributed by atoms with E-state index in [1.54, 1.807) is 13.8 Å². The predicted molar refractivity (Wildman–Crippen MR) is 94.6 cm³/mol.